The Hall–Kier alpha value is -3.34. The monoisotopic (exact) mass is 442 g/mol. The lowest BCUT2D eigenvalue weighted by atomic mass is 10.1. The lowest BCUT2D eigenvalue weighted by Gasteiger charge is -2.12. The fraction of sp³-hybridized carbons (Fsp3) is 0.143. The average molecular weight is 443 g/mol. The highest BCUT2D eigenvalue weighted by atomic mass is 35.5. The zero-order chi connectivity index (χ0) is 21.5. The van der Waals surface area contributed by atoms with Gasteiger partial charge < -0.3 is 14.0 Å². The largest absolute Gasteiger partial charge is 0.486 e. The summed E-state index contributed by atoms with van der Waals surface area (Å²) in [5.41, 5.74) is 1.13. The number of aromatic nitrogens is 3. The summed E-state index contributed by atoms with van der Waals surface area (Å²) in [7, 11) is 1.47. The van der Waals surface area contributed by atoms with Crippen molar-refractivity contribution in [1.29, 1.82) is 5.26 Å². The molecule has 0 bridgehead atoms. The van der Waals surface area contributed by atoms with Crippen LogP contribution in [0, 0.1) is 11.3 Å². The van der Waals surface area contributed by atoms with Crippen LogP contribution in [0.4, 0.5) is 0 Å². The molecule has 0 unspecified atom stereocenters. The van der Waals surface area contributed by atoms with Crippen molar-refractivity contribution < 1.29 is 9.47 Å². The smallest absolute Gasteiger partial charge is 0.256 e. The molecule has 0 aromatic carbocycles. The highest BCUT2D eigenvalue weighted by Gasteiger charge is 2.13. The second-order valence-corrected chi connectivity index (χ2v) is 6.81. The molecule has 0 spiro atoms. The van der Waals surface area contributed by atoms with Gasteiger partial charge in [0, 0.05) is 42.0 Å². The van der Waals surface area contributed by atoms with Crippen molar-refractivity contribution in [2.75, 3.05) is 13.7 Å². The maximum absolute atomic E-state index is 11.8. The van der Waals surface area contributed by atoms with Crippen molar-refractivity contribution in [1.82, 2.24) is 14.5 Å². The fourth-order valence-corrected chi connectivity index (χ4v) is 3.09. The molecule has 3 heterocycles. The molecule has 30 heavy (non-hydrogen) atoms. The molecule has 0 N–H and O–H groups in total. The van der Waals surface area contributed by atoms with Gasteiger partial charge in [-0.1, -0.05) is 29.3 Å². The minimum absolute atomic E-state index is 0.124. The third kappa shape index (κ3) is 4.98. The Balaban J connectivity index is 1.87. The van der Waals surface area contributed by atoms with Crippen molar-refractivity contribution in [2.24, 2.45) is 0 Å². The minimum Gasteiger partial charge on any atom is -0.486 e. The molecule has 0 atom stereocenters. The van der Waals surface area contributed by atoms with E-state index < -0.39 is 0 Å². The van der Waals surface area contributed by atoms with Gasteiger partial charge in [-0.15, -0.1) is 0 Å². The van der Waals surface area contributed by atoms with Gasteiger partial charge in [-0.3, -0.25) is 9.78 Å². The summed E-state index contributed by atoms with van der Waals surface area (Å²) in [5, 5.41) is 10.3. The Kier molecular flexibility index (Phi) is 7.07. The van der Waals surface area contributed by atoms with Crippen LogP contribution >= 0.6 is 23.2 Å². The molecule has 3 aromatic heterocycles. The summed E-state index contributed by atoms with van der Waals surface area (Å²) in [4.78, 5) is 19.9. The molecule has 0 saturated carbocycles. The van der Waals surface area contributed by atoms with E-state index in [0.29, 0.717) is 33.5 Å². The van der Waals surface area contributed by atoms with E-state index in [1.807, 2.05) is 0 Å². The molecule has 152 valence electrons. The predicted molar refractivity (Wildman–Crippen MR) is 115 cm³/mol. The molecule has 0 aliphatic carbocycles. The van der Waals surface area contributed by atoms with Crippen LogP contribution in [0.5, 0.6) is 11.6 Å². The van der Waals surface area contributed by atoms with Crippen molar-refractivity contribution in [3.05, 3.63) is 80.6 Å². The lowest BCUT2D eigenvalue weighted by molar-refractivity contribution is 0.273. The summed E-state index contributed by atoms with van der Waals surface area (Å²) in [6, 6.07) is 8.67. The second kappa shape index (κ2) is 9.92. The van der Waals surface area contributed by atoms with Crippen LogP contribution in [-0.4, -0.2) is 28.3 Å². The van der Waals surface area contributed by atoms with E-state index in [0.717, 1.165) is 0 Å². The van der Waals surface area contributed by atoms with Crippen LogP contribution in [0.3, 0.4) is 0 Å². The van der Waals surface area contributed by atoms with E-state index in [1.54, 1.807) is 30.5 Å². The third-order valence-electron chi connectivity index (χ3n) is 4.11. The van der Waals surface area contributed by atoms with Crippen molar-refractivity contribution in [3.63, 3.8) is 0 Å². The molecular weight excluding hydrogens is 427 g/mol. The van der Waals surface area contributed by atoms with Gasteiger partial charge in [0.05, 0.1) is 35.3 Å². The molecule has 3 rings (SSSR count). The maximum atomic E-state index is 11.8. The van der Waals surface area contributed by atoms with E-state index in [-0.39, 0.29) is 23.6 Å². The summed E-state index contributed by atoms with van der Waals surface area (Å²) in [6.07, 6.45) is 7.62. The molecule has 3 aromatic rings. The molecule has 0 saturated heterocycles. The summed E-state index contributed by atoms with van der Waals surface area (Å²) in [5.74, 6) is 0.600. The van der Waals surface area contributed by atoms with Gasteiger partial charge in [0.15, 0.2) is 5.75 Å². The first kappa shape index (κ1) is 21.4. The van der Waals surface area contributed by atoms with E-state index in [1.165, 1.54) is 36.3 Å². The highest BCUT2D eigenvalue weighted by molar-refractivity contribution is 6.37. The number of pyridine rings is 3. The topological polar surface area (TPSA) is 90.0 Å². The van der Waals surface area contributed by atoms with Crippen LogP contribution in [0.15, 0.2) is 53.8 Å². The van der Waals surface area contributed by atoms with Crippen LogP contribution in [0.25, 0.3) is 11.6 Å². The highest BCUT2D eigenvalue weighted by Crippen LogP contribution is 2.31. The molecular formula is C21H16Cl2N4O3. The maximum Gasteiger partial charge on any atom is 0.256 e. The quantitative estimate of drug-likeness (QED) is 0.511. The number of hydrogen-bond donors (Lipinski definition) is 0. The van der Waals surface area contributed by atoms with Crippen LogP contribution in [0.2, 0.25) is 10.0 Å². The first-order chi connectivity index (χ1) is 14.5. The Morgan fingerprint density at radius 2 is 2.03 bits per heavy atom. The van der Waals surface area contributed by atoms with Crippen molar-refractivity contribution in [2.45, 2.75) is 6.54 Å². The molecule has 0 fully saturated rings. The van der Waals surface area contributed by atoms with Gasteiger partial charge in [-0.05, 0) is 18.2 Å². The average Bonchev–Trinajstić information content (AvgIpc) is 2.75. The van der Waals surface area contributed by atoms with Crippen molar-refractivity contribution in [3.8, 4) is 17.7 Å². The number of nitriles is 1. The zero-order valence-electron chi connectivity index (χ0n) is 15.9. The van der Waals surface area contributed by atoms with Crippen LogP contribution < -0.4 is 15.0 Å². The summed E-state index contributed by atoms with van der Waals surface area (Å²) < 4.78 is 12.5. The predicted octanol–water partition coefficient (Wildman–Crippen LogP) is 4.10. The lowest BCUT2D eigenvalue weighted by Crippen LogP contribution is -2.21. The van der Waals surface area contributed by atoms with Crippen LogP contribution in [-0.2, 0) is 6.54 Å². The first-order valence-corrected chi connectivity index (χ1v) is 9.52. The number of halogens is 2. The van der Waals surface area contributed by atoms with Crippen LogP contribution in [0.1, 0.15) is 11.1 Å². The molecule has 0 aliphatic heterocycles. The molecule has 0 radical (unpaired) electrons. The molecule has 0 aliphatic rings. The Morgan fingerprint density at radius 3 is 2.70 bits per heavy atom. The Bertz CT molecular complexity index is 1170. The van der Waals surface area contributed by atoms with E-state index >= 15 is 0 Å². The number of hydrogen-bond acceptors (Lipinski definition) is 6. The number of rotatable bonds is 7. The Morgan fingerprint density at radius 1 is 1.27 bits per heavy atom. The molecule has 0 amide bonds. The molecule has 7 nitrogen and oxygen atoms in total. The number of allylic oxidation sites excluding steroid dienone is 1. The number of nitrogens with zero attached hydrogens (tertiary/aromatic N) is 4. The normalized spacial score (nSPS) is 11.1. The number of methoxy groups -OCH3 is 1. The van der Waals surface area contributed by atoms with Gasteiger partial charge in [0.1, 0.15) is 6.61 Å². The van der Waals surface area contributed by atoms with E-state index in [2.05, 4.69) is 16.0 Å². The SMILES string of the molecule is COc1ncc(/C(C#N)=C/c2c(Cl)cncc2Cl)cc1OCCn1ccccc1=O. The minimum atomic E-state index is -0.124. The Labute approximate surface area is 182 Å². The van der Waals surface area contributed by atoms with E-state index in [4.69, 9.17) is 32.7 Å². The first-order valence-electron chi connectivity index (χ1n) is 8.77. The standard InChI is InChI=1S/C21H16Cl2N4O3/c1-29-21-19(30-7-6-27-5-3-2-4-20(27)28)9-15(11-26-21)14(10-24)8-16-17(22)12-25-13-18(16)23/h2-5,8-9,11-13H,6-7H2,1H3/b14-8+. The van der Waals surface area contributed by atoms with Gasteiger partial charge in [0.2, 0.25) is 0 Å². The van der Waals surface area contributed by atoms with E-state index in [9.17, 15) is 10.1 Å². The second-order valence-electron chi connectivity index (χ2n) is 6.00. The van der Waals surface area contributed by atoms with Gasteiger partial charge in [-0.25, -0.2) is 4.98 Å². The van der Waals surface area contributed by atoms with Gasteiger partial charge in [-0.2, -0.15) is 5.26 Å². The van der Waals surface area contributed by atoms with Gasteiger partial charge in [0.25, 0.3) is 11.4 Å². The van der Waals surface area contributed by atoms with Gasteiger partial charge >= 0.3 is 0 Å². The fourth-order valence-electron chi connectivity index (χ4n) is 2.62. The third-order valence-corrected chi connectivity index (χ3v) is 4.71. The van der Waals surface area contributed by atoms with Crippen molar-refractivity contribution >= 4 is 34.9 Å². The zero-order valence-corrected chi connectivity index (χ0v) is 17.4. The number of ether oxygens (including phenoxy) is 2. The summed E-state index contributed by atoms with van der Waals surface area (Å²) in [6.45, 7) is 0.551. The summed E-state index contributed by atoms with van der Waals surface area (Å²) >= 11 is 12.3. The molecule has 9 heteroatoms.